The molecule has 1 atom stereocenters. The first kappa shape index (κ1) is 17.4. The maximum Gasteiger partial charge on any atom is 0.509 e. The number of halogens is 1. The quantitative estimate of drug-likeness (QED) is 0.327. The minimum atomic E-state index is -0.797. The van der Waals surface area contributed by atoms with Gasteiger partial charge in [0.1, 0.15) is 6.61 Å². The van der Waals surface area contributed by atoms with Crippen LogP contribution in [-0.4, -0.2) is 58.0 Å². The molecule has 0 aromatic heterocycles. The highest BCUT2D eigenvalue weighted by Gasteiger charge is 2.06. The lowest BCUT2D eigenvalue weighted by Gasteiger charge is -2.08. The van der Waals surface area contributed by atoms with Crippen LogP contribution in [0.15, 0.2) is 0 Å². The van der Waals surface area contributed by atoms with Gasteiger partial charge in [0.25, 0.3) is 0 Å². The first-order chi connectivity index (χ1) is 8.66. The van der Waals surface area contributed by atoms with Gasteiger partial charge in [-0.2, -0.15) is 0 Å². The van der Waals surface area contributed by atoms with Crippen LogP contribution < -0.4 is 0 Å². The zero-order valence-corrected chi connectivity index (χ0v) is 11.6. The molecule has 0 heterocycles. The van der Waals surface area contributed by atoms with Crippen molar-refractivity contribution in [2.75, 3.05) is 46.2 Å². The van der Waals surface area contributed by atoms with Gasteiger partial charge in [-0.25, -0.2) is 4.79 Å². The molecule has 0 N–H and O–H groups in total. The normalized spacial score (nSPS) is 12.2. The van der Waals surface area contributed by atoms with E-state index in [1.54, 1.807) is 0 Å². The second kappa shape index (κ2) is 12.9. The molecule has 0 spiro atoms. The van der Waals surface area contributed by atoms with Gasteiger partial charge in [0.05, 0.1) is 33.0 Å². The third kappa shape index (κ3) is 13.5. The molecule has 108 valence electrons. The lowest BCUT2D eigenvalue weighted by Crippen LogP contribution is -2.16. The molecule has 0 amide bonds. The predicted molar refractivity (Wildman–Crippen MR) is 65.9 cm³/mol. The molecule has 7 heteroatoms. The summed E-state index contributed by atoms with van der Waals surface area (Å²) >= 11 is 5.43. The van der Waals surface area contributed by atoms with E-state index < -0.39 is 11.7 Å². The van der Waals surface area contributed by atoms with Gasteiger partial charge < -0.3 is 23.7 Å². The fourth-order valence-corrected chi connectivity index (χ4v) is 1.01. The summed E-state index contributed by atoms with van der Waals surface area (Å²) in [6, 6.07) is 0. The van der Waals surface area contributed by atoms with Gasteiger partial charge >= 0.3 is 6.16 Å². The monoisotopic (exact) mass is 284 g/mol. The third-order valence-electron chi connectivity index (χ3n) is 1.65. The largest absolute Gasteiger partial charge is 0.509 e. The average molecular weight is 285 g/mol. The number of carbonyl (C=O) groups is 1. The van der Waals surface area contributed by atoms with Gasteiger partial charge in [-0.1, -0.05) is 11.6 Å². The Labute approximate surface area is 112 Å². The van der Waals surface area contributed by atoms with E-state index in [0.29, 0.717) is 39.6 Å². The molecule has 0 saturated carbocycles. The van der Waals surface area contributed by atoms with Crippen molar-refractivity contribution in [3.05, 3.63) is 0 Å². The van der Waals surface area contributed by atoms with Gasteiger partial charge in [-0.3, -0.25) is 0 Å². The van der Waals surface area contributed by atoms with Crippen LogP contribution in [0, 0.1) is 0 Å². The lowest BCUT2D eigenvalue weighted by molar-refractivity contribution is -0.00333. The van der Waals surface area contributed by atoms with Crippen LogP contribution in [-0.2, 0) is 23.7 Å². The van der Waals surface area contributed by atoms with E-state index in [4.69, 9.17) is 25.8 Å². The van der Waals surface area contributed by atoms with Crippen molar-refractivity contribution in [2.24, 2.45) is 0 Å². The van der Waals surface area contributed by atoms with Crippen LogP contribution in [0.2, 0.25) is 0 Å². The molecule has 0 aliphatic carbocycles. The Bertz CT molecular complexity index is 200. The van der Waals surface area contributed by atoms with E-state index in [-0.39, 0.29) is 6.61 Å². The highest BCUT2D eigenvalue weighted by atomic mass is 35.5. The Morgan fingerprint density at radius 2 is 1.50 bits per heavy atom. The Morgan fingerprint density at radius 3 is 2.00 bits per heavy atom. The van der Waals surface area contributed by atoms with E-state index in [2.05, 4.69) is 9.47 Å². The highest BCUT2D eigenvalue weighted by Crippen LogP contribution is 1.98. The summed E-state index contributed by atoms with van der Waals surface area (Å²) in [4.78, 5) is 10.9. The maximum atomic E-state index is 10.9. The molecule has 0 aliphatic rings. The van der Waals surface area contributed by atoms with Crippen LogP contribution in [0.3, 0.4) is 0 Å². The van der Waals surface area contributed by atoms with Crippen molar-refractivity contribution < 1.29 is 28.5 Å². The summed E-state index contributed by atoms with van der Waals surface area (Å²) in [7, 11) is 0. The van der Waals surface area contributed by atoms with Crippen molar-refractivity contribution in [2.45, 2.75) is 19.4 Å². The Morgan fingerprint density at radius 1 is 1.00 bits per heavy atom. The van der Waals surface area contributed by atoms with Crippen molar-refractivity contribution in [1.82, 2.24) is 0 Å². The van der Waals surface area contributed by atoms with Crippen LogP contribution in [0.1, 0.15) is 13.8 Å². The van der Waals surface area contributed by atoms with E-state index in [9.17, 15) is 4.79 Å². The molecule has 0 aromatic rings. The van der Waals surface area contributed by atoms with Gasteiger partial charge in [-0.15, -0.1) is 0 Å². The summed E-state index contributed by atoms with van der Waals surface area (Å²) in [5.74, 6) is 0. The standard InChI is InChI=1S/C11H21ClO6/c1-3-14-4-5-15-6-7-16-8-9-17-11(13)18-10(2)12/h10H,3-9H2,1-2H3. The lowest BCUT2D eigenvalue weighted by atomic mass is 10.7. The Balaban J connectivity index is 3.09. The van der Waals surface area contributed by atoms with Crippen molar-refractivity contribution in [1.29, 1.82) is 0 Å². The molecule has 0 fully saturated rings. The van der Waals surface area contributed by atoms with E-state index in [1.165, 1.54) is 6.92 Å². The molecule has 0 rings (SSSR count). The number of rotatable bonds is 11. The van der Waals surface area contributed by atoms with Crippen LogP contribution >= 0.6 is 11.6 Å². The number of ether oxygens (including phenoxy) is 5. The van der Waals surface area contributed by atoms with Crippen LogP contribution in [0.4, 0.5) is 4.79 Å². The van der Waals surface area contributed by atoms with Gasteiger partial charge in [0, 0.05) is 6.61 Å². The molecule has 0 aromatic carbocycles. The minimum absolute atomic E-state index is 0.126. The van der Waals surface area contributed by atoms with Crippen molar-refractivity contribution in [3.8, 4) is 0 Å². The second-order valence-corrected chi connectivity index (χ2v) is 3.80. The number of hydrogen-bond donors (Lipinski definition) is 0. The van der Waals surface area contributed by atoms with E-state index in [1.807, 2.05) is 6.92 Å². The fourth-order valence-electron chi connectivity index (χ4n) is 0.935. The molecule has 0 aliphatic heterocycles. The van der Waals surface area contributed by atoms with Gasteiger partial charge in [0.2, 0.25) is 0 Å². The first-order valence-electron chi connectivity index (χ1n) is 5.87. The molecule has 0 radical (unpaired) electrons. The third-order valence-corrected chi connectivity index (χ3v) is 1.74. The summed E-state index contributed by atoms with van der Waals surface area (Å²) in [6.45, 7) is 6.62. The second-order valence-electron chi connectivity index (χ2n) is 3.18. The molecule has 0 bridgehead atoms. The molecular weight excluding hydrogens is 264 g/mol. The summed E-state index contributed by atoms with van der Waals surface area (Å²) in [5.41, 5.74) is -0.697. The van der Waals surface area contributed by atoms with E-state index in [0.717, 1.165) is 0 Å². The molecule has 18 heavy (non-hydrogen) atoms. The summed E-state index contributed by atoms with van der Waals surface area (Å²) in [5, 5.41) is 0. The number of hydrogen-bond acceptors (Lipinski definition) is 6. The highest BCUT2D eigenvalue weighted by molar-refractivity contribution is 6.19. The fraction of sp³-hybridized carbons (Fsp3) is 0.909. The SMILES string of the molecule is CCOCCOCCOCCOC(=O)OC(C)Cl. The minimum Gasteiger partial charge on any atom is -0.432 e. The van der Waals surface area contributed by atoms with Crippen LogP contribution in [0.25, 0.3) is 0 Å². The van der Waals surface area contributed by atoms with Crippen LogP contribution in [0.5, 0.6) is 0 Å². The summed E-state index contributed by atoms with van der Waals surface area (Å²) in [6.07, 6.45) is -0.797. The molecular formula is C11H21ClO6. The molecule has 6 nitrogen and oxygen atoms in total. The number of alkyl halides is 1. The van der Waals surface area contributed by atoms with Crippen molar-refractivity contribution >= 4 is 17.8 Å². The maximum absolute atomic E-state index is 10.9. The zero-order valence-electron chi connectivity index (χ0n) is 10.9. The van der Waals surface area contributed by atoms with Crippen molar-refractivity contribution in [3.63, 3.8) is 0 Å². The Kier molecular flexibility index (Phi) is 12.5. The summed E-state index contributed by atoms with van der Waals surface area (Å²) < 4.78 is 24.7. The smallest absolute Gasteiger partial charge is 0.432 e. The van der Waals surface area contributed by atoms with Gasteiger partial charge in [-0.05, 0) is 13.8 Å². The Hall–Kier alpha value is -0.560. The zero-order chi connectivity index (χ0) is 13.6. The first-order valence-corrected chi connectivity index (χ1v) is 6.31. The molecule has 0 saturated heterocycles. The molecule has 1 unspecified atom stereocenters. The predicted octanol–water partition coefficient (Wildman–Crippen LogP) is 1.79. The van der Waals surface area contributed by atoms with Gasteiger partial charge in [0.15, 0.2) is 5.56 Å². The topological polar surface area (TPSA) is 63.2 Å². The van der Waals surface area contributed by atoms with E-state index >= 15 is 0 Å². The average Bonchev–Trinajstić information content (AvgIpc) is 2.30. The number of carbonyl (C=O) groups excluding carboxylic acids is 1.